The molecule has 0 radical (unpaired) electrons. The van der Waals surface area contributed by atoms with E-state index in [-0.39, 0.29) is 17.1 Å². The van der Waals surface area contributed by atoms with Gasteiger partial charge in [-0.15, -0.1) is 0 Å². The lowest BCUT2D eigenvalue weighted by Gasteiger charge is -2.48. The van der Waals surface area contributed by atoms with Gasteiger partial charge in [-0.25, -0.2) is 9.37 Å². The number of hydrogen-bond donors (Lipinski definition) is 0. The van der Waals surface area contributed by atoms with E-state index in [9.17, 15) is 9.18 Å². The van der Waals surface area contributed by atoms with Crippen LogP contribution in [0.5, 0.6) is 0 Å². The van der Waals surface area contributed by atoms with E-state index in [1.54, 1.807) is 18.5 Å². The molecule has 1 atom stereocenters. The van der Waals surface area contributed by atoms with Crippen LogP contribution in [0.4, 0.5) is 10.2 Å². The Kier molecular flexibility index (Phi) is 4.57. The topological polar surface area (TPSA) is 49.3 Å². The molecule has 4 rings (SSSR count). The first kappa shape index (κ1) is 16.9. The highest BCUT2D eigenvalue weighted by Gasteiger charge is 2.42. The first-order chi connectivity index (χ1) is 12.7. The summed E-state index contributed by atoms with van der Waals surface area (Å²) >= 11 is 0. The summed E-state index contributed by atoms with van der Waals surface area (Å²) in [6.45, 7) is 2.80. The third-order valence-electron chi connectivity index (χ3n) is 5.53. The number of amides is 1. The number of anilines is 1. The van der Waals surface area contributed by atoms with Gasteiger partial charge in [-0.05, 0) is 43.5 Å². The number of halogens is 1. The molecule has 0 saturated carbocycles. The third kappa shape index (κ3) is 3.41. The molecule has 1 amide bonds. The normalized spacial score (nSPS) is 23.5. The van der Waals surface area contributed by atoms with Crippen molar-refractivity contribution in [1.82, 2.24) is 14.9 Å². The van der Waals surface area contributed by atoms with Crippen molar-refractivity contribution in [2.45, 2.75) is 32.2 Å². The Hall–Kier alpha value is -2.50. The average molecular weight is 354 g/mol. The maximum Gasteiger partial charge on any atom is 0.222 e. The van der Waals surface area contributed by atoms with Gasteiger partial charge in [-0.2, -0.15) is 0 Å². The Morgan fingerprint density at radius 3 is 2.77 bits per heavy atom. The third-order valence-corrected chi connectivity index (χ3v) is 5.53. The second-order valence-electron chi connectivity index (χ2n) is 7.40. The van der Waals surface area contributed by atoms with Gasteiger partial charge in [0.05, 0.1) is 12.2 Å². The summed E-state index contributed by atoms with van der Waals surface area (Å²) in [4.78, 5) is 25.0. The van der Waals surface area contributed by atoms with Crippen molar-refractivity contribution in [2.75, 3.05) is 24.5 Å². The molecule has 2 aromatic heterocycles. The van der Waals surface area contributed by atoms with Crippen LogP contribution in [0.15, 0.2) is 42.7 Å². The van der Waals surface area contributed by atoms with E-state index in [1.807, 2.05) is 28.0 Å². The summed E-state index contributed by atoms with van der Waals surface area (Å²) in [5.74, 6) is 0.337. The summed E-state index contributed by atoms with van der Waals surface area (Å²) in [5, 5.41) is 0. The van der Waals surface area contributed by atoms with E-state index in [0.717, 1.165) is 38.0 Å². The zero-order chi connectivity index (χ0) is 18.0. The van der Waals surface area contributed by atoms with Gasteiger partial charge < -0.3 is 9.80 Å². The minimum atomic E-state index is -0.276. The zero-order valence-corrected chi connectivity index (χ0v) is 14.8. The lowest BCUT2D eigenvalue weighted by molar-refractivity contribution is -0.138. The molecule has 5 nitrogen and oxygen atoms in total. The molecule has 0 aliphatic carbocycles. The van der Waals surface area contributed by atoms with E-state index >= 15 is 0 Å². The van der Waals surface area contributed by atoms with Crippen molar-refractivity contribution < 1.29 is 9.18 Å². The molecular formula is C20H23FN4O. The van der Waals surface area contributed by atoms with Crippen LogP contribution >= 0.6 is 0 Å². The van der Waals surface area contributed by atoms with Gasteiger partial charge in [0, 0.05) is 43.9 Å². The van der Waals surface area contributed by atoms with Gasteiger partial charge >= 0.3 is 0 Å². The van der Waals surface area contributed by atoms with Crippen LogP contribution in [0.25, 0.3) is 0 Å². The van der Waals surface area contributed by atoms with Crippen molar-refractivity contribution >= 4 is 11.7 Å². The molecule has 0 unspecified atom stereocenters. The summed E-state index contributed by atoms with van der Waals surface area (Å²) < 4.78 is 14.2. The van der Waals surface area contributed by atoms with Gasteiger partial charge in [0.15, 0.2) is 11.6 Å². The summed E-state index contributed by atoms with van der Waals surface area (Å²) in [6, 6.07) is 8.85. The molecule has 4 heterocycles. The van der Waals surface area contributed by atoms with Crippen LogP contribution in [0.3, 0.4) is 0 Å². The standard InChI is InChI=1S/C20H23FN4O/c21-17-6-3-11-23-19(17)24-12-4-8-20(14-24)9-7-18(26)25(15-20)13-16-5-1-2-10-22-16/h1-3,5-6,10-11H,4,7-9,12-15H2/t20-/m0/s1. The Morgan fingerprint density at radius 2 is 1.96 bits per heavy atom. The average Bonchev–Trinajstić information content (AvgIpc) is 2.66. The Balaban J connectivity index is 1.52. The molecule has 26 heavy (non-hydrogen) atoms. The van der Waals surface area contributed by atoms with Gasteiger partial charge in [-0.1, -0.05) is 6.07 Å². The Bertz CT molecular complexity index is 784. The van der Waals surface area contributed by atoms with E-state index in [4.69, 9.17) is 0 Å². The second-order valence-corrected chi connectivity index (χ2v) is 7.40. The smallest absolute Gasteiger partial charge is 0.222 e. The first-order valence-electron chi connectivity index (χ1n) is 9.18. The maximum absolute atomic E-state index is 14.2. The van der Waals surface area contributed by atoms with Crippen molar-refractivity contribution in [2.24, 2.45) is 5.41 Å². The van der Waals surface area contributed by atoms with Crippen LogP contribution in [-0.2, 0) is 11.3 Å². The number of likely N-dealkylation sites (tertiary alicyclic amines) is 1. The lowest BCUT2D eigenvalue weighted by Crippen LogP contribution is -2.54. The number of hydrogen-bond acceptors (Lipinski definition) is 4. The van der Waals surface area contributed by atoms with Crippen LogP contribution in [0.1, 0.15) is 31.4 Å². The van der Waals surface area contributed by atoms with E-state index in [1.165, 1.54) is 6.07 Å². The molecular weight excluding hydrogens is 331 g/mol. The van der Waals surface area contributed by atoms with Gasteiger partial charge in [0.25, 0.3) is 0 Å². The van der Waals surface area contributed by atoms with Crippen molar-refractivity contribution in [3.63, 3.8) is 0 Å². The highest BCUT2D eigenvalue weighted by atomic mass is 19.1. The number of aromatic nitrogens is 2. The highest BCUT2D eigenvalue weighted by molar-refractivity contribution is 5.77. The quantitative estimate of drug-likeness (QED) is 0.850. The largest absolute Gasteiger partial charge is 0.354 e. The van der Waals surface area contributed by atoms with Crippen molar-refractivity contribution in [1.29, 1.82) is 0 Å². The minimum Gasteiger partial charge on any atom is -0.354 e. The molecule has 136 valence electrons. The highest BCUT2D eigenvalue weighted by Crippen LogP contribution is 2.40. The van der Waals surface area contributed by atoms with Crippen molar-refractivity contribution in [3.8, 4) is 0 Å². The van der Waals surface area contributed by atoms with Gasteiger partial charge in [0.1, 0.15) is 0 Å². The predicted molar refractivity (Wildman–Crippen MR) is 97.0 cm³/mol. The van der Waals surface area contributed by atoms with Crippen LogP contribution in [0, 0.1) is 11.2 Å². The molecule has 2 aliphatic rings. The monoisotopic (exact) mass is 354 g/mol. The number of rotatable bonds is 3. The number of piperidine rings is 2. The molecule has 0 bridgehead atoms. The second kappa shape index (κ2) is 7.02. The van der Waals surface area contributed by atoms with E-state index < -0.39 is 0 Å². The van der Waals surface area contributed by atoms with Crippen molar-refractivity contribution in [3.05, 3.63) is 54.2 Å². The molecule has 1 spiro atoms. The summed E-state index contributed by atoms with van der Waals surface area (Å²) in [5.41, 5.74) is 0.909. The molecule has 2 saturated heterocycles. The van der Waals surface area contributed by atoms with Crippen LogP contribution in [-0.4, -0.2) is 40.4 Å². The first-order valence-corrected chi connectivity index (χ1v) is 9.18. The van der Waals surface area contributed by atoms with Crippen LogP contribution < -0.4 is 4.90 Å². The predicted octanol–water partition coefficient (Wildman–Crippen LogP) is 3.02. The maximum atomic E-state index is 14.2. The molecule has 2 aromatic rings. The molecule has 0 N–H and O–H groups in total. The molecule has 6 heteroatoms. The molecule has 0 aromatic carbocycles. The summed E-state index contributed by atoms with van der Waals surface area (Å²) in [6.07, 6.45) is 6.84. The number of pyridine rings is 2. The Labute approximate surface area is 152 Å². The van der Waals surface area contributed by atoms with Gasteiger partial charge in [-0.3, -0.25) is 9.78 Å². The SMILES string of the molecule is O=C1CC[C@]2(CCCN(c3ncccc3F)C2)CN1Cc1ccccn1. The van der Waals surface area contributed by atoms with E-state index in [2.05, 4.69) is 9.97 Å². The Morgan fingerprint density at radius 1 is 1.08 bits per heavy atom. The number of carbonyl (C=O) groups is 1. The summed E-state index contributed by atoms with van der Waals surface area (Å²) in [7, 11) is 0. The number of carbonyl (C=O) groups excluding carboxylic acids is 1. The fourth-order valence-corrected chi connectivity index (χ4v) is 4.27. The molecule has 2 fully saturated rings. The molecule has 2 aliphatic heterocycles. The fraction of sp³-hybridized carbons (Fsp3) is 0.450. The van der Waals surface area contributed by atoms with Gasteiger partial charge in [0.2, 0.25) is 5.91 Å². The zero-order valence-electron chi connectivity index (χ0n) is 14.8. The minimum absolute atomic E-state index is 0.00486. The van der Waals surface area contributed by atoms with E-state index in [0.29, 0.717) is 25.3 Å². The van der Waals surface area contributed by atoms with Crippen LogP contribution in [0.2, 0.25) is 0 Å². The number of nitrogens with zero attached hydrogens (tertiary/aromatic N) is 4. The fourth-order valence-electron chi connectivity index (χ4n) is 4.27. The lowest BCUT2D eigenvalue weighted by atomic mass is 9.73.